The highest BCUT2D eigenvalue weighted by Crippen LogP contribution is 2.35. The molecule has 0 bridgehead atoms. The maximum atomic E-state index is 10.8. The summed E-state index contributed by atoms with van der Waals surface area (Å²) in [5.41, 5.74) is 1.93. The molecule has 1 N–H and O–H groups in total. The average Bonchev–Trinajstić information content (AvgIpc) is 2.80. The summed E-state index contributed by atoms with van der Waals surface area (Å²) in [6, 6.07) is 2.14. The summed E-state index contributed by atoms with van der Waals surface area (Å²) in [5, 5.41) is 22.9. The predicted octanol–water partition coefficient (Wildman–Crippen LogP) is 2.14. The van der Waals surface area contributed by atoms with Gasteiger partial charge in [-0.3, -0.25) is 9.48 Å². The Balaban J connectivity index is 2.32. The molecule has 2 aromatic rings. The maximum Gasteiger partial charge on any atom is 0.308 e. The lowest BCUT2D eigenvalue weighted by Gasteiger charge is -1.98. The zero-order valence-corrected chi connectivity index (χ0v) is 12.8. The zero-order valence-electron chi connectivity index (χ0n) is 11.2. The van der Waals surface area contributed by atoms with E-state index in [2.05, 4.69) is 16.2 Å². The summed E-state index contributed by atoms with van der Waals surface area (Å²) < 4.78 is 2.37. The Morgan fingerprint density at radius 2 is 2.20 bits per heavy atom. The van der Waals surface area contributed by atoms with E-state index in [1.165, 1.54) is 23.1 Å². The van der Waals surface area contributed by atoms with Crippen molar-refractivity contribution in [3.8, 4) is 6.07 Å². The van der Waals surface area contributed by atoms with Crippen LogP contribution in [0.5, 0.6) is 0 Å². The Morgan fingerprint density at radius 3 is 2.80 bits per heavy atom. The molecule has 0 aliphatic rings. The van der Waals surface area contributed by atoms with Crippen molar-refractivity contribution >= 4 is 29.1 Å². The quantitative estimate of drug-likeness (QED) is 0.930. The van der Waals surface area contributed by atoms with Gasteiger partial charge in [-0.05, 0) is 25.6 Å². The van der Waals surface area contributed by atoms with Crippen molar-refractivity contribution in [1.29, 1.82) is 5.26 Å². The second kappa shape index (κ2) is 5.64. The average molecular weight is 308 g/mol. The van der Waals surface area contributed by atoms with Crippen LogP contribution in [-0.2, 0) is 18.3 Å². The highest BCUT2D eigenvalue weighted by atomic mass is 32.2. The number of hydrogen-bond acceptors (Lipinski definition) is 6. The number of nitriles is 1. The van der Waals surface area contributed by atoms with Crippen LogP contribution in [0, 0.1) is 25.2 Å². The van der Waals surface area contributed by atoms with Crippen molar-refractivity contribution in [3.05, 3.63) is 21.8 Å². The fourth-order valence-corrected chi connectivity index (χ4v) is 4.02. The molecule has 0 atom stereocenters. The van der Waals surface area contributed by atoms with E-state index < -0.39 is 5.97 Å². The van der Waals surface area contributed by atoms with E-state index in [0.717, 1.165) is 19.9 Å². The van der Waals surface area contributed by atoms with Crippen LogP contribution in [0.1, 0.15) is 21.8 Å². The maximum absolute atomic E-state index is 10.8. The smallest absolute Gasteiger partial charge is 0.308 e. The molecule has 104 valence electrons. The summed E-state index contributed by atoms with van der Waals surface area (Å²) in [6.45, 7) is 3.57. The fraction of sp³-hybridized carbons (Fsp3) is 0.333. The first-order valence-corrected chi connectivity index (χ1v) is 7.35. The Labute approximate surface area is 124 Å². The van der Waals surface area contributed by atoms with Crippen LogP contribution in [0.25, 0.3) is 0 Å². The second-order valence-corrected chi connectivity index (χ2v) is 6.48. The molecule has 2 rings (SSSR count). The van der Waals surface area contributed by atoms with Crippen molar-refractivity contribution in [2.24, 2.45) is 7.05 Å². The third-order valence-corrected chi connectivity index (χ3v) is 5.03. The number of aromatic nitrogens is 3. The molecular weight excluding hydrogens is 296 g/mol. The largest absolute Gasteiger partial charge is 0.481 e. The fourth-order valence-electron chi connectivity index (χ4n) is 1.71. The van der Waals surface area contributed by atoms with Gasteiger partial charge in [0.2, 0.25) is 0 Å². The molecule has 2 heterocycles. The van der Waals surface area contributed by atoms with E-state index in [9.17, 15) is 4.79 Å². The number of carboxylic acid groups (broad SMARTS) is 1. The first kappa shape index (κ1) is 14.6. The lowest BCUT2D eigenvalue weighted by molar-refractivity contribution is -0.136. The number of hydrogen-bond donors (Lipinski definition) is 1. The SMILES string of the molecule is Cc1nc(Sc2c(C#N)c(C)nn2C)sc1CC(=O)O. The first-order chi connectivity index (χ1) is 9.42. The van der Waals surface area contributed by atoms with Crippen LogP contribution in [0.2, 0.25) is 0 Å². The molecule has 8 heteroatoms. The third-order valence-electron chi connectivity index (χ3n) is 2.65. The van der Waals surface area contributed by atoms with Gasteiger partial charge in [-0.15, -0.1) is 11.3 Å². The molecule has 0 fully saturated rings. The predicted molar refractivity (Wildman–Crippen MR) is 75.0 cm³/mol. The monoisotopic (exact) mass is 308 g/mol. The molecule has 0 radical (unpaired) electrons. The van der Waals surface area contributed by atoms with Crippen molar-refractivity contribution in [2.75, 3.05) is 0 Å². The number of carbonyl (C=O) groups is 1. The zero-order chi connectivity index (χ0) is 14.9. The summed E-state index contributed by atoms with van der Waals surface area (Å²) in [6.07, 6.45) is -0.0282. The Hall–Kier alpha value is -1.85. The van der Waals surface area contributed by atoms with E-state index in [1.807, 2.05) is 0 Å². The van der Waals surface area contributed by atoms with E-state index >= 15 is 0 Å². The second-order valence-electron chi connectivity index (χ2n) is 4.16. The number of rotatable bonds is 4. The van der Waals surface area contributed by atoms with E-state index in [0.29, 0.717) is 11.3 Å². The number of carboxylic acids is 1. The summed E-state index contributed by atoms with van der Waals surface area (Å²) in [7, 11) is 1.77. The number of thiazole rings is 1. The summed E-state index contributed by atoms with van der Waals surface area (Å²) >= 11 is 2.68. The van der Waals surface area contributed by atoms with Gasteiger partial charge < -0.3 is 5.11 Å². The lowest BCUT2D eigenvalue weighted by Crippen LogP contribution is -1.99. The van der Waals surface area contributed by atoms with E-state index in [4.69, 9.17) is 10.4 Å². The number of aliphatic carboxylic acids is 1. The minimum atomic E-state index is -0.873. The Bertz CT molecular complexity index is 712. The third kappa shape index (κ3) is 2.84. The number of nitrogens with zero attached hydrogens (tertiary/aromatic N) is 4. The van der Waals surface area contributed by atoms with Gasteiger partial charge in [0.1, 0.15) is 16.7 Å². The first-order valence-electron chi connectivity index (χ1n) is 5.72. The van der Waals surface area contributed by atoms with Crippen molar-refractivity contribution in [3.63, 3.8) is 0 Å². The van der Waals surface area contributed by atoms with E-state index in [1.54, 1.807) is 25.6 Å². The van der Waals surface area contributed by atoms with Gasteiger partial charge in [0.15, 0.2) is 4.34 Å². The Morgan fingerprint density at radius 1 is 1.50 bits per heavy atom. The molecule has 6 nitrogen and oxygen atoms in total. The van der Waals surface area contributed by atoms with Gasteiger partial charge in [-0.1, -0.05) is 0 Å². The minimum Gasteiger partial charge on any atom is -0.481 e. The molecule has 2 aromatic heterocycles. The normalized spacial score (nSPS) is 10.5. The standard InChI is InChI=1S/C12H12N4O2S2/c1-6-8(5-13)11(16(3)15-6)20-12-14-7(2)9(19-12)4-10(17)18/h4H2,1-3H3,(H,17,18). The minimum absolute atomic E-state index is 0.0282. The topological polar surface area (TPSA) is 91.8 Å². The van der Waals surface area contributed by atoms with Crippen molar-refractivity contribution in [2.45, 2.75) is 29.6 Å². The van der Waals surface area contributed by atoms with Gasteiger partial charge in [0, 0.05) is 11.9 Å². The van der Waals surface area contributed by atoms with Crippen LogP contribution in [0.15, 0.2) is 9.37 Å². The lowest BCUT2D eigenvalue weighted by atomic mass is 10.3. The van der Waals surface area contributed by atoms with Crippen LogP contribution < -0.4 is 0 Å². The number of aryl methyl sites for hydroxylation is 3. The van der Waals surface area contributed by atoms with Crippen LogP contribution in [-0.4, -0.2) is 25.8 Å². The molecule has 0 aliphatic heterocycles. The molecule has 0 amide bonds. The molecule has 0 unspecified atom stereocenters. The van der Waals surface area contributed by atoms with Gasteiger partial charge >= 0.3 is 5.97 Å². The van der Waals surface area contributed by atoms with Gasteiger partial charge in [-0.25, -0.2) is 4.98 Å². The van der Waals surface area contributed by atoms with Crippen molar-refractivity contribution in [1.82, 2.24) is 14.8 Å². The van der Waals surface area contributed by atoms with Crippen LogP contribution in [0.4, 0.5) is 0 Å². The summed E-state index contributed by atoms with van der Waals surface area (Å²) in [4.78, 5) is 15.8. The van der Waals surface area contributed by atoms with E-state index in [-0.39, 0.29) is 6.42 Å². The van der Waals surface area contributed by atoms with Gasteiger partial charge in [0.25, 0.3) is 0 Å². The highest BCUT2D eigenvalue weighted by molar-refractivity contribution is 8.01. The molecule has 20 heavy (non-hydrogen) atoms. The molecule has 0 aliphatic carbocycles. The van der Waals surface area contributed by atoms with Crippen molar-refractivity contribution < 1.29 is 9.90 Å². The Kier molecular flexibility index (Phi) is 4.11. The van der Waals surface area contributed by atoms with Crippen LogP contribution >= 0.6 is 23.1 Å². The molecule has 0 saturated heterocycles. The molecular formula is C12H12N4O2S2. The van der Waals surface area contributed by atoms with Gasteiger partial charge in [-0.2, -0.15) is 10.4 Å². The highest BCUT2D eigenvalue weighted by Gasteiger charge is 2.18. The molecule has 0 spiro atoms. The van der Waals surface area contributed by atoms with Crippen LogP contribution in [0.3, 0.4) is 0 Å². The van der Waals surface area contributed by atoms with Gasteiger partial charge in [0.05, 0.1) is 17.8 Å². The molecule has 0 saturated carbocycles. The molecule has 0 aromatic carbocycles. The summed E-state index contributed by atoms with van der Waals surface area (Å²) in [5.74, 6) is -0.873.